The van der Waals surface area contributed by atoms with Crippen LogP contribution in [0.15, 0.2) is 120 Å². The molecule has 0 aliphatic rings. The van der Waals surface area contributed by atoms with Gasteiger partial charge in [0.15, 0.2) is 0 Å². The molecular formula is C35H27OP. The van der Waals surface area contributed by atoms with E-state index in [1.165, 1.54) is 43.5 Å². The Morgan fingerprint density at radius 2 is 1.08 bits per heavy atom. The van der Waals surface area contributed by atoms with Crippen molar-refractivity contribution in [3.05, 3.63) is 115 Å². The average molecular weight is 495 g/mol. The molecule has 0 unspecified atom stereocenters. The van der Waals surface area contributed by atoms with E-state index in [0.717, 1.165) is 27.5 Å². The molecule has 0 spiro atoms. The number of benzene rings is 6. The normalized spacial score (nSPS) is 12.2. The summed E-state index contributed by atoms with van der Waals surface area (Å²) in [5.41, 5.74) is 6.74. The summed E-state index contributed by atoms with van der Waals surface area (Å²) in [4.78, 5) is 0. The molecule has 7 aromatic rings. The summed E-state index contributed by atoms with van der Waals surface area (Å²) in [5, 5.41) is 8.62. The highest BCUT2D eigenvalue weighted by atomic mass is 31.2. The number of rotatable bonds is 3. The van der Waals surface area contributed by atoms with Gasteiger partial charge in [-0.05, 0) is 63.4 Å². The molecule has 0 fully saturated rings. The lowest BCUT2D eigenvalue weighted by Gasteiger charge is -2.19. The van der Waals surface area contributed by atoms with E-state index in [1.54, 1.807) is 0 Å². The van der Waals surface area contributed by atoms with Crippen LogP contribution in [0, 0.1) is 0 Å². The lowest BCUT2D eigenvalue weighted by atomic mass is 9.85. The summed E-state index contributed by atoms with van der Waals surface area (Å²) < 4.78 is 6.50. The van der Waals surface area contributed by atoms with Crippen LogP contribution in [-0.4, -0.2) is 19.6 Å². The predicted molar refractivity (Wildman–Crippen MR) is 165 cm³/mol. The minimum atomic E-state index is -1.40. The van der Waals surface area contributed by atoms with Crippen LogP contribution < -0.4 is 5.30 Å². The molecule has 0 bridgehead atoms. The van der Waals surface area contributed by atoms with Gasteiger partial charge in [0.2, 0.25) is 0 Å². The summed E-state index contributed by atoms with van der Waals surface area (Å²) >= 11 is 0. The zero-order chi connectivity index (χ0) is 25.1. The van der Waals surface area contributed by atoms with E-state index in [0.29, 0.717) is 0 Å². The average Bonchev–Trinajstić information content (AvgIpc) is 3.30. The van der Waals surface area contributed by atoms with Crippen molar-refractivity contribution in [2.24, 2.45) is 0 Å². The standard InChI is InChI=1S/C35H27OP/c1-37(2,3)24-13-10-12-23(22-24)33-26-15-4-6-17-28(26)34(29-18-7-5-16-27(29)33)31-20-11-19-30-25-14-8-9-21-32(25)36-35(30)31/h4-22H,1H2,2-3H3. The van der Waals surface area contributed by atoms with Crippen molar-refractivity contribution >= 4 is 62.0 Å². The van der Waals surface area contributed by atoms with E-state index in [4.69, 9.17) is 4.42 Å². The van der Waals surface area contributed by atoms with Crippen LogP contribution in [0.3, 0.4) is 0 Å². The maximum Gasteiger partial charge on any atom is 0.143 e. The van der Waals surface area contributed by atoms with Crippen LogP contribution in [0.4, 0.5) is 0 Å². The molecule has 37 heavy (non-hydrogen) atoms. The summed E-state index contributed by atoms with van der Waals surface area (Å²) in [6.07, 6.45) is 4.50. The first kappa shape index (κ1) is 22.2. The molecule has 0 atom stereocenters. The van der Waals surface area contributed by atoms with Gasteiger partial charge in [-0.1, -0.05) is 116 Å². The second kappa shape index (κ2) is 8.23. The lowest BCUT2D eigenvalue weighted by Crippen LogP contribution is -2.03. The summed E-state index contributed by atoms with van der Waals surface area (Å²) in [6, 6.07) is 41.5. The second-order valence-corrected chi connectivity index (χ2v) is 14.2. The molecular weight excluding hydrogens is 467 g/mol. The summed E-state index contributed by atoms with van der Waals surface area (Å²) in [6.45, 7) is 3.16. The Labute approximate surface area is 217 Å². The quantitative estimate of drug-likeness (QED) is 0.176. The van der Waals surface area contributed by atoms with Gasteiger partial charge in [-0.3, -0.25) is 0 Å². The van der Waals surface area contributed by atoms with Crippen LogP contribution in [0.25, 0.3) is 65.7 Å². The molecule has 0 saturated heterocycles. The Balaban J connectivity index is 1.64. The first-order valence-electron chi connectivity index (χ1n) is 12.6. The van der Waals surface area contributed by atoms with Gasteiger partial charge in [0.05, 0.1) is 0 Å². The maximum atomic E-state index is 6.50. The van der Waals surface area contributed by atoms with Crippen molar-refractivity contribution in [3.63, 3.8) is 0 Å². The maximum absolute atomic E-state index is 6.50. The predicted octanol–water partition coefficient (Wildman–Crippen LogP) is 9.56. The van der Waals surface area contributed by atoms with Crippen LogP contribution in [0.1, 0.15) is 0 Å². The Kier molecular flexibility index (Phi) is 4.93. The fraction of sp³-hybridized carbons (Fsp3) is 0.0571. The van der Waals surface area contributed by atoms with E-state index in [2.05, 4.69) is 129 Å². The van der Waals surface area contributed by atoms with Crippen LogP contribution in [0.5, 0.6) is 0 Å². The van der Waals surface area contributed by atoms with Gasteiger partial charge < -0.3 is 4.42 Å². The zero-order valence-corrected chi connectivity index (χ0v) is 21.9. The molecule has 0 amide bonds. The topological polar surface area (TPSA) is 13.1 Å². The van der Waals surface area contributed by atoms with E-state index in [1.807, 2.05) is 6.07 Å². The third-order valence-electron chi connectivity index (χ3n) is 7.44. The molecule has 0 aliphatic heterocycles. The molecule has 178 valence electrons. The molecule has 0 N–H and O–H groups in total. The van der Waals surface area contributed by atoms with Gasteiger partial charge in [-0.15, -0.1) is 0 Å². The number of hydrogen-bond donors (Lipinski definition) is 0. The monoisotopic (exact) mass is 494 g/mol. The smallest absolute Gasteiger partial charge is 0.143 e. The second-order valence-electron chi connectivity index (χ2n) is 10.4. The van der Waals surface area contributed by atoms with Gasteiger partial charge in [0, 0.05) is 21.9 Å². The molecule has 0 radical (unpaired) electrons. The Bertz CT molecular complexity index is 1980. The van der Waals surface area contributed by atoms with Gasteiger partial charge in [-0.25, -0.2) is 0 Å². The molecule has 7 rings (SSSR count). The van der Waals surface area contributed by atoms with Crippen LogP contribution in [-0.2, 0) is 0 Å². The van der Waals surface area contributed by atoms with Crippen molar-refractivity contribution in [3.8, 4) is 22.3 Å². The SMILES string of the molecule is C=P(C)(C)c1cccc(-c2c3ccccc3c(-c3cccc4c3oc3ccccc34)c3ccccc23)c1. The highest BCUT2D eigenvalue weighted by Gasteiger charge is 2.20. The van der Waals surface area contributed by atoms with E-state index in [-0.39, 0.29) is 0 Å². The van der Waals surface area contributed by atoms with Crippen molar-refractivity contribution in [1.82, 2.24) is 0 Å². The molecule has 1 heterocycles. The first-order chi connectivity index (χ1) is 18.0. The fourth-order valence-electron chi connectivity index (χ4n) is 5.71. The Hall–Kier alpha value is -4.06. The first-order valence-corrected chi connectivity index (χ1v) is 15.5. The molecule has 6 aromatic carbocycles. The Morgan fingerprint density at radius 1 is 0.541 bits per heavy atom. The highest BCUT2D eigenvalue weighted by molar-refractivity contribution is 7.79. The number of para-hydroxylation sites is 2. The van der Waals surface area contributed by atoms with Gasteiger partial charge in [0.1, 0.15) is 11.2 Å². The molecule has 0 saturated carbocycles. The number of fused-ring (bicyclic) bond motifs is 5. The summed E-state index contributed by atoms with van der Waals surface area (Å²) in [5.74, 6) is 0. The molecule has 2 heteroatoms. The van der Waals surface area contributed by atoms with Crippen LogP contribution in [0.2, 0.25) is 0 Å². The molecule has 1 nitrogen and oxygen atoms in total. The van der Waals surface area contributed by atoms with Crippen molar-refractivity contribution in [2.45, 2.75) is 0 Å². The van der Waals surface area contributed by atoms with Crippen molar-refractivity contribution in [1.29, 1.82) is 0 Å². The van der Waals surface area contributed by atoms with Crippen molar-refractivity contribution < 1.29 is 4.42 Å². The largest absolute Gasteiger partial charge is 0.455 e. The number of hydrogen-bond acceptors (Lipinski definition) is 1. The zero-order valence-electron chi connectivity index (χ0n) is 21.0. The van der Waals surface area contributed by atoms with Crippen molar-refractivity contribution in [2.75, 3.05) is 13.3 Å². The summed E-state index contributed by atoms with van der Waals surface area (Å²) in [7, 11) is 0. The van der Waals surface area contributed by atoms with E-state index < -0.39 is 6.89 Å². The van der Waals surface area contributed by atoms with Gasteiger partial charge in [0.25, 0.3) is 0 Å². The third-order valence-corrected chi connectivity index (χ3v) is 9.12. The minimum absolute atomic E-state index is 0.922. The Morgan fingerprint density at radius 3 is 1.73 bits per heavy atom. The van der Waals surface area contributed by atoms with Gasteiger partial charge in [-0.2, -0.15) is 0 Å². The fourth-order valence-corrected chi connectivity index (χ4v) is 6.69. The van der Waals surface area contributed by atoms with Gasteiger partial charge >= 0.3 is 0 Å². The molecule has 0 aliphatic carbocycles. The minimum Gasteiger partial charge on any atom is -0.455 e. The van der Waals surface area contributed by atoms with E-state index in [9.17, 15) is 0 Å². The number of furan rings is 1. The molecule has 1 aromatic heterocycles. The lowest BCUT2D eigenvalue weighted by molar-refractivity contribution is 0.670. The third kappa shape index (κ3) is 3.46. The van der Waals surface area contributed by atoms with E-state index >= 15 is 0 Å². The van der Waals surface area contributed by atoms with Crippen LogP contribution >= 0.6 is 6.89 Å². The highest BCUT2D eigenvalue weighted by Crippen LogP contribution is 2.46.